The van der Waals surface area contributed by atoms with Gasteiger partial charge in [0.05, 0.1) is 30.7 Å². The van der Waals surface area contributed by atoms with Gasteiger partial charge in [0.15, 0.2) is 0 Å². The average molecular weight is 564 g/mol. The highest BCUT2D eigenvalue weighted by Gasteiger charge is 2.69. The van der Waals surface area contributed by atoms with Crippen LogP contribution in [0.25, 0.3) is 11.3 Å². The van der Waals surface area contributed by atoms with Crippen LogP contribution < -0.4 is 10.4 Å². The van der Waals surface area contributed by atoms with Gasteiger partial charge >= 0.3 is 5.63 Å². The van der Waals surface area contributed by atoms with E-state index in [1.165, 1.54) is 0 Å². The molecule has 1 aliphatic heterocycles. The number of pyridine rings is 1. The molecule has 0 amide bonds. The van der Waals surface area contributed by atoms with E-state index >= 15 is 0 Å². The molecule has 0 spiro atoms. The first-order valence-corrected chi connectivity index (χ1v) is 15.0. The molecule has 0 saturated heterocycles. The topological polar surface area (TPSA) is 156 Å². The van der Waals surface area contributed by atoms with E-state index in [9.17, 15) is 28.5 Å². The largest absolute Gasteiger partial charge is 0.484 e. The van der Waals surface area contributed by atoms with E-state index in [1.807, 2.05) is 6.92 Å². The zero-order valence-electron chi connectivity index (χ0n) is 22.7. The Morgan fingerprint density at radius 2 is 1.92 bits per heavy atom. The van der Waals surface area contributed by atoms with Gasteiger partial charge < -0.3 is 24.5 Å². The van der Waals surface area contributed by atoms with E-state index in [1.54, 1.807) is 51.4 Å². The van der Waals surface area contributed by atoms with E-state index in [4.69, 9.17) is 13.3 Å². The van der Waals surface area contributed by atoms with Crippen molar-refractivity contribution in [2.45, 2.75) is 77.3 Å². The maximum absolute atomic E-state index is 13.2. The van der Waals surface area contributed by atoms with Crippen LogP contribution >= 0.6 is 0 Å². The number of fused-ring (bicyclic) bond motifs is 4. The van der Waals surface area contributed by atoms with Crippen molar-refractivity contribution in [3.05, 3.63) is 46.6 Å². The molecule has 11 heteroatoms. The summed E-state index contributed by atoms with van der Waals surface area (Å²) in [5.74, 6) is -0.957. The minimum atomic E-state index is -3.79. The molecule has 0 bridgehead atoms. The van der Waals surface area contributed by atoms with Gasteiger partial charge in [-0.25, -0.2) is 4.79 Å². The molecule has 0 unspecified atom stereocenters. The molecule has 0 radical (unpaired) electrons. The Hall–Kier alpha value is -2.31. The predicted octanol–water partition coefficient (Wildman–Crippen LogP) is 2.81. The van der Waals surface area contributed by atoms with Crippen molar-refractivity contribution < 1.29 is 37.1 Å². The Kier molecular flexibility index (Phi) is 6.99. The summed E-state index contributed by atoms with van der Waals surface area (Å²) in [6, 6.07) is 4.99. The monoisotopic (exact) mass is 563 g/mol. The van der Waals surface area contributed by atoms with Crippen LogP contribution in [0.4, 0.5) is 0 Å². The minimum Gasteiger partial charge on any atom is -0.484 e. The standard InChI is InChI=1S/C28H37NO9S/c1-5-11-39(34,35)36-15-27(3)19-13-21(31)28(4)24(26(19,2)9-8-20(27)30)23(32)22-18(38-28)12-17(37-25(22)33)16-7-6-10-29-14-16/h6-7,10,12,14,19-21,23-24,30-32H,5,8-9,11,13,15H2,1-4H3/t19-,20+,21+,23+,24-,26+,27+,28-/m1/s1. The molecule has 3 N–H and O–H groups in total. The molecule has 2 fully saturated rings. The third-order valence-corrected chi connectivity index (χ3v) is 11.0. The highest BCUT2D eigenvalue weighted by atomic mass is 32.2. The van der Waals surface area contributed by atoms with Gasteiger partial charge in [0.25, 0.3) is 10.1 Å². The fraction of sp³-hybridized carbons (Fsp3) is 0.643. The van der Waals surface area contributed by atoms with Crippen LogP contribution in [-0.2, 0) is 14.3 Å². The zero-order valence-corrected chi connectivity index (χ0v) is 23.5. The Labute approximate surface area is 228 Å². The van der Waals surface area contributed by atoms with Gasteiger partial charge in [-0.05, 0) is 56.1 Å². The number of aromatic nitrogens is 1. The smallest absolute Gasteiger partial charge is 0.345 e. The van der Waals surface area contributed by atoms with Gasteiger partial charge in [-0.1, -0.05) is 20.8 Å². The molecule has 39 heavy (non-hydrogen) atoms. The fourth-order valence-corrected chi connectivity index (χ4v) is 8.63. The van der Waals surface area contributed by atoms with Crippen LogP contribution in [0.3, 0.4) is 0 Å². The molecule has 2 aliphatic carbocycles. The Bertz CT molecular complexity index is 1400. The molecular weight excluding hydrogens is 526 g/mol. The van der Waals surface area contributed by atoms with Crippen molar-refractivity contribution in [1.82, 2.24) is 4.98 Å². The van der Waals surface area contributed by atoms with Crippen LogP contribution in [0.5, 0.6) is 5.75 Å². The molecule has 2 saturated carbocycles. The zero-order chi connectivity index (χ0) is 28.4. The van der Waals surface area contributed by atoms with Crippen molar-refractivity contribution in [2.24, 2.45) is 22.7 Å². The van der Waals surface area contributed by atoms with Gasteiger partial charge in [0, 0.05) is 35.4 Å². The molecule has 2 aromatic rings. The van der Waals surface area contributed by atoms with E-state index in [0.717, 1.165) is 0 Å². The molecule has 10 nitrogen and oxygen atoms in total. The van der Waals surface area contributed by atoms with Gasteiger partial charge in [-0.2, -0.15) is 8.42 Å². The SMILES string of the molecule is CCCS(=O)(=O)OC[C@@]1(C)[C@@H]2C[C@H](O)[C@@]3(C)Oc4cc(-c5cccnc5)oc(=O)c4[C@H](O)[C@@H]3[C@@]2(C)CC[C@@H]1O. The molecule has 3 heterocycles. The molecule has 3 aliphatic rings. The van der Waals surface area contributed by atoms with Crippen LogP contribution in [0, 0.1) is 22.7 Å². The summed E-state index contributed by atoms with van der Waals surface area (Å²) < 4.78 is 42.2. The van der Waals surface area contributed by atoms with Gasteiger partial charge in [-0.3, -0.25) is 9.17 Å². The van der Waals surface area contributed by atoms with E-state index in [2.05, 4.69) is 4.98 Å². The summed E-state index contributed by atoms with van der Waals surface area (Å²) in [6.45, 7) is 6.96. The average Bonchev–Trinajstić information content (AvgIpc) is 2.87. The van der Waals surface area contributed by atoms with Gasteiger partial charge in [-0.15, -0.1) is 0 Å². The van der Waals surface area contributed by atoms with Crippen molar-refractivity contribution in [3.63, 3.8) is 0 Å². The Balaban J connectivity index is 1.57. The summed E-state index contributed by atoms with van der Waals surface area (Å²) in [5.41, 5.74) is -3.25. The molecule has 214 valence electrons. The first-order chi connectivity index (χ1) is 18.3. The number of hydrogen-bond acceptors (Lipinski definition) is 10. The first kappa shape index (κ1) is 28.2. The molecule has 8 atom stereocenters. The van der Waals surface area contributed by atoms with Crippen molar-refractivity contribution in [3.8, 4) is 17.1 Å². The number of nitrogens with zero attached hydrogens (tertiary/aromatic N) is 1. The number of ether oxygens (including phenoxy) is 1. The summed E-state index contributed by atoms with van der Waals surface area (Å²) in [5, 5.41) is 34.5. The number of aliphatic hydroxyl groups excluding tert-OH is 3. The quantitative estimate of drug-likeness (QED) is 0.447. The van der Waals surface area contributed by atoms with Crippen LogP contribution in [0.15, 0.2) is 39.8 Å². The molecule has 0 aromatic carbocycles. The lowest BCUT2D eigenvalue weighted by atomic mass is 9.42. The molecule has 5 rings (SSSR count). The third-order valence-electron chi connectivity index (χ3n) is 9.60. The Morgan fingerprint density at radius 1 is 1.18 bits per heavy atom. The molecular formula is C28H37NO9S. The lowest BCUT2D eigenvalue weighted by Crippen LogP contribution is -2.70. The van der Waals surface area contributed by atoms with Gasteiger partial charge in [0.1, 0.15) is 22.7 Å². The summed E-state index contributed by atoms with van der Waals surface area (Å²) >= 11 is 0. The summed E-state index contributed by atoms with van der Waals surface area (Å²) in [6.07, 6.45) is 1.23. The highest BCUT2D eigenvalue weighted by molar-refractivity contribution is 7.86. The second-order valence-corrected chi connectivity index (χ2v) is 13.8. The summed E-state index contributed by atoms with van der Waals surface area (Å²) in [7, 11) is -3.79. The van der Waals surface area contributed by atoms with Crippen LogP contribution in [0.2, 0.25) is 0 Å². The number of aliphatic hydroxyl groups is 3. The van der Waals surface area contributed by atoms with Crippen molar-refractivity contribution in [1.29, 1.82) is 0 Å². The van der Waals surface area contributed by atoms with Crippen LogP contribution in [-0.4, -0.2) is 58.9 Å². The number of rotatable bonds is 6. The van der Waals surface area contributed by atoms with Crippen molar-refractivity contribution in [2.75, 3.05) is 12.4 Å². The molecule has 2 aromatic heterocycles. The highest BCUT2D eigenvalue weighted by Crippen LogP contribution is 2.66. The summed E-state index contributed by atoms with van der Waals surface area (Å²) in [4.78, 5) is 17.3. The fourth-order valence-electron chi connectivity index (χ4n) is 7.58. The maximum Gasteiger partial charge on any atom is 0.345 e. The Morgan fingerprint density at radius 3 is 2.59 bits per heavy atom. The number of hydrogen-bond donors (Lipinski definition) is 3. The van der Waals surface area contributed by atoms with Crippen molar-refractivity contribution >= 4 is 10.1 Å². The predicted molar refractivity (Wildman–Crippen MR) is 141 cm³/mol. The third kappa shape index (κ3) is 4.42. The minimum absolute atomic E-state index is 0.0196. The normalized spacial score (nSPS) is 37.8. The lowest BCUT2D eigenvalue weighted by Gasteiger charge is -2.66. The van der Waals surface area contributed by atoms with E-state index < -0.39 is 62.3 Å². The second kappa shape index (κ2) is 9.66. The van der Waals surface area contributed by atoms with Crippen LogP contribution in [0.1, 0.15) is 65.0 Å². The van der Waals surface area contributed by atoms with E-state index in [0.29, 0.717) is 24.8 Å². The maximum atomic E-state index is 13.2. The van der Waals surface area contributed by atoms with Gasteiger partial charge in [0.2, 0.25) is 0 Å². The lowest BCUT2D eigenvalue weighted by molar-refractivity contribution is -0.263. The van der Waals surface area contributed by atoms with E-state index in [-0.39, 0.29) is 35.9 Å². The second-order valence-electron chi connectivity index (χ2n) is 12.0. The first-order valence-electron chi connectivity index (χ1n) is 13.5.